The van der Waals surface area contributed by atoms with Crippen LogP contribution in [0.5, 0.6) is 0 Å². The fourth-order valence-corrected chi connectivity index (χ4v) is 8.86. The van der Waals surface area contributed by atoms with Crippen molar-refractivity contribution in [1.82, 2.24) is 0 Å². The van der Waals surface area contributed by atoms with Gasteiger partial charge in [0.1, 0.15) is 0 Å². The number of hydrogen-bond acceptors (Lipinski definition) is 2. The fraction of sp³-hybridized carbons (Fsp3) is 0.259. The standard InChI is InChI=1S/C27H22Br2S2/c1-12-5-18-14(3)20-10-26(28)30-24(20)8-22(18)16(12)7-17-13(2)6-19-15(4)21-11-27(29)31-25(21)9-23(17)19/h8-11H,5-7H2,1-4H3. The van der Waals surface area contributed by atoms with Crippen LogP contribution in [0.2, 0.25) is 0 Å². The smallest absolute Gasteiger partial charge is 0.0711 e. The van der Waals surface area contributed by atoms with E-state index in [9.17, 15) is 0 Å². The molecule has 0 fully saturated rings. The number of fused-ring (bicyclic) bond motifs is 4. The van der Waals surface area contributed by atoms with E-state index < -0.39 is 0 Å². The molecule has 0 aliphatic heterocycles. The molecule has 2 aliphatic carbocycles. The third-order valence-electron chi connectivity index (χ3n) is 7.29. The molecule has 0 bridgehead atoms. The van der Waals surface area contributed by atoms with Gasteiger partial charge in [0.25, 0.3) is 0 Å². The number of rotatable bonds is 2. The second-order valence-electron chi connectivity index (χ2n) is 9.03. The summed E-state index contributed by atoms with van der Waals surface area (Å²) in [5, 5.41) is 2.82. The van der Waals surface area contributed by atoms with Crippen LogP contribution in [0, 0.1) is 13.8 Å². The summed E-state index contributed by atoms with van der Waals surface area (Å²) < 4.78 is 5.24. The second kappa shape index (κ2) is 7.15. The van der Waals surface area contributed by atoms with E-state index in [1.165, 1.54) is 61.1 Å². The highest BCUT2D eigenvalue weighted by Crippen LogP contribution is 2.48. The van der Waals surface area contributed by atoms with E-state index >= 15 is 0 Å². The molecule has 6 rings (SSSR count). The quantitative estimate of drug-likeness (QED) is 0.225. The minimum atomic E-state index is 1.05. The van der Waals surface area contributed by atoms with Crippen molar-refractivity contribution < 1.29 is 0 Å². The van der Waals surface area contributed by atoms with Crippen molar-refractivity contribution in [2.45, 2.75) is 47.0 Å². The first-order valence-electron chi connectivity index (χ1n) is 10.6. The molecular formula is C27H22Br2S2. The van der Waals surface area contributed by atoms with E-state index in [4.69, 9.17) is 0 Å². The van der Waals surface area contributed by atoms with Crippen LogP contribution in [0.4, 0.5) is 0 Å². The molecule has 2 heterocycles. The average Bonchev–Trinajstić information content (AvgIpc) is 3.43. The number of halogens is 2. The highest BCUT2D eigenvalue weighted by atomic mass is 79.9. The van der Waals surface area contributed by atoms with Crippen molar-refractivity contribution in [3.8, 4) is 0 Å². The van der Waals surface area contributed by atoms with Gasteiger partial charge in [0, 0.05) is 9.40 Å². The van der Waals surface area contributed by atoms with Gasteiger partial charge in [-0.2, -0.15) is 0 Å². The van der Waals surface area contributed by atoms with Crippen molar-refractivity contribution in [3.05, 3.63) is 76.4 Å². The van der Waals surface area contributed by atoms with Gasteiger partial charge in [0.05, 0.1) is 7.57 Å². The van der Waals surface area contributed by atoms with Gasteiger partial charge in [-0.05, 0) is 158 Å². The summed E-state index contributed by atoms with van der Waals surface area (Å²) in [5.41, 5.74) is 15.2. The largest absolute Gasteiger partial charge is 0.128 e. The van der Waals surface area contributed by atoms with Crippen molar-refractivity contribution in [3.63, 3.8) is 0 Å². The molecule has 0 saturated heterocycles. The van der Waals surface area contributed by atoms with Crippen LogP contribution in [0.25, 0.3) is 31.3 Å². The molecule has 2 aromatic heterocycles. The summed E-state index contributed by atoms with van der Waals surface area (Å²) in [6.07, 6.45) is 3.23. The van der Waals surface area contributed by atoms with Crippen LogP contribution in [0.15, 0.2) is 43.0 Å². The summed E-state index contributed by atoms with van der Waals surface area (Å²) in [5.74, 6) is 0. The maximum Gasteiger partial charge on any atom is 0.0711 e. The van der Waals surface area contributed by atoms with Crippen LogP contribution < -0.4 is 0 Å². The summed E-state index contributed by atoms with van der Waals surface area (Å²) in [6.45, 7) is 9.30. The fourth-order valence-electron chi connectivity index (χ4n) is 5.58. The zero-order chi connectivity index (χ0) is 21.6. The monoisotopic (exact) mass is 568 g/mol. The van der Waals surface area contributed by atoms with Gasteiger partial charge < -0.3 is 0 Å². The van der Waals surface area contributed by atoms with E-state index in [1.54, 1.807) is 22.3 Å². The summed E-state index contributed by atoms with van der Waals surface area (Å²) in [7, 11) is 0. The maximum atomic E-state index is 3.70. The molecule has 2 aliphatic rings. The Hall–Kier alpha value is -1.20. The van der Waals surface area contributed by atoms with Gasteiger partial charge in [0.15, 0.2) is 0 Å². The molecule has 4 aromatic rings. The second-order valence-corrected chi connectivity index (χ2v) is 14.0. The predicted octanol–water partition coefficient (Wildman–Crippen LogP) is 10.0. The van der Waals surface area contributed by atoms with Gasteiger partial charge in [-0.15, -0.1) is 22.7 Å². The zero-order valence-corrected chi connectivity index (χ0v) is 22.8. The van der Waals surface area contributed by atoms with Gasteiger partial charge in [0.2, 0.25) is 0 Å². The Morgan fingerprint density at radius 1 is 0.677 bits per heavy atom. The van der Waals surface area contributed by atoms with E-state index in [-0.39, 0.29) is 0 Å². The SMILES string of the molecule is CC1=C(CC2=C(C)Cc3c2cc2sc(Br)cc2c3C)c2cc3sc(Br)cc3c(C)c2C1. The Kier molecular flexibility index (Phi) is 4.71. The van der Waals surface area contributed by atoms with Gasteiger partial charge >= 0.3 is 0 Å². The van der Waals surface area contributed by atoms with Crippen LogP contribution in [0.1, 0.15) is 53.6 Å². The Balaban J connectivity index is 1.48. The van der Waals surface area contributed by atoms with E-state index in [2.05, 4.69) is 83.8 Å². The maximum absolute atomic E-state index is 3.70. The molecule has 0 unspecified atom stereocenters. The molecule has 4 heteroatoms. The Morgan fingerprint density at radius 3 is 1.52 bits per heavy atom. The topological polar surface area (TPSA) is 0 Å². The Labute approximate surface area is 207 Å². The van der Waals surface area contributed by atoms with Crippen LogP contribution in [0.3, 0.4) is 0 Å². The summed E-state index contributed by atoms with van der Waals surface area (Å²) >= 11 is 11.1. The molecule has 0 N–H and O–H groups in total. The predicted molar refractivity (Wildman–Crippen MR) is 146 cm³/mol. The number of allylic oxidation sites excluding steroid dienone is 4. The van der Waals surface area contributed by atoms with Gasteiger partial charge in [-0.3, -0.25) is 0 Å². The lowest BCUT2D eigenvalue weighted by molar-refractivity contribution is 1.16. The molecule has 0 radical (unpaired) electrons. The lowest BCUT2D eigenvalue weighted by Gasteiger charge is -2.13. The summed E-state index contributed by atoms with van der Waals surface area (Å²) in [4.78, 5) is 0. The van der Waals surface area contributed by atoms with Crippen molar-refractivity contribution in [2.24, 2.45) is 0 Å². The number of aryl methyl sites for hydroxylation is 2. The minimum Gasteiger partial charge on any atom is -0.128 e. The molecule has 0 nitrogen and oxygen atoms in total. The third kappa shape index (κ3) is 3.02. The minimum absolute atomic E-state index is 1.05. The van der Waals surface area contributed by atoms with Crippen molar-refractivity contribution >= 4 is 85.9 Å². The molecule has 2 aromatic carbocycles. The first-order chi connectivity index (χ1) is 14.8. The number of hydrogen-bond donors (Lipinski definition) is 0. The molecule has 156 valence electrons. The third-order valence-corrected chi connectivity index (χ3v) is 10.5. The lowest BCUT2D eigenvalue weighted by atomic mass is 9.91. The number of benzene rings is 2. The zero-order valence-electron chi connectivity index (χ0n) is 18.0. The lowest BCUT2D eigenvalue weighted by Crippen LogP contribution is -1.93. The molecule has 31 heavy (non-hydrogen) atoms. The van der Waals surface area contributed by atoms with Crippen LogP contribution in [-0.2, 0) is 12.8 Å². The Bertz CT molecular complexity index is 1390. The molecule has 0 atom stereocenters. The summed E-state index contributed by atoms with van der Waals surface area (Å²) in [6, 6.07) is 9.48. The Morgan fingerprint density at radius 2 is 1.10 bits per heavy atom. The van der Waals surface area contributed by atoms with Crippen molar-refractivity contribution in [2.75, 3.05) is 0 Å². The van der Waals surface area contributed by atoms with Crippen LogP contribution >= 0.6 is 54.5 Å². The van der Waals surface area contributed by atoms with Crippen LogP contribution in [-0.4, -0.2) is 0 Å². The molecule has 0 spiro atoms. The normalized spacial score (nSPS) is 15.7. The molecular weight excluding hydrogens is 548 g/mol. The highest BCUT2D eigenvalue weighted by molar-refractivity contribution is 9.11. The average molecular weight is 570 g/mol. The number of thiophene rings is 2. The highest BCUT2D eigenvalue weighted by Gasteiger charge is 2.28. The molecule has 0 amide bonds. The van der Waals surface area contributed by atoms with E-state index in [0.29, 0.717) is 0 Å². The van der Waals surface area contributed by atoms with E-state index in [0.717, 1.165) is 19.3 Å². The molecule has 0 saturated carbocycles. The van der Waals surface area contributed by atoms with Crippen molar-refractivity contribution in [1.29, 1.82) is 0 Å². The first kappa shape index (κ1) is 20.4. The van der Waals surface area contributed by atoms with Gasteiger partial charge in [-0.25, -0.2) is 0 Å². The van der Waals surface area contributed by atoms with E-state index in [1.807, 2.05) is 22.7 Å². The first-order valence-corrected chi connectivity index (χ1v) is 13.8. The van der Waals surface area contributed by atoms with Gasteiger partial charge in [-0.1, -0.05) is 11.1 Å².